The number of hydrogen-bond donors (Lipinski definition) is 1. The third kappa shape index (κ3) is 3.12. The van der Waals surface area contributed by atoms with Gasteiger partial charge in [0, 0.05) is 17.4 Å². The fourth-order valence-corrected chi connectivity index (χ4v) is 3.59. The van der Waals surface area contributed by atoms with Crippen LogP contribution in [0.2, 0.25) is 0 Å². The van der Waals surface area contributed by atoms with E-state index in [2.05, 4.69) is 26.6 Å². The molecule has 28 heavy (non-hydrogen) atoms. The van der Waals surface area contributed by atoms with Gasteiger partial charge in [-0.05, 0) is 47.5 Å². The molecule has 5 rings (SSSR count). The van der Waals surface area contributed by atoms with Gasteiger partial charge in [-0.1, -0.05) is 35.6 Å². The summed E-state index contributed by atoms with van der Waals surface area (Å²) in [5, 5.41) is 11.9. The van der Waals surface area contributed by atoms with Crippen molar-refractivity contribution in [3.05, 3.63) is 84.4 Å². The van der Waals surface area contributed by atoms with E-state index >= 15 is 0 Å². The summed E-state index contributed by atoms with van der Waals surface area (Å²) in [6, 6.07) is 18.6. The average molecular weight is 387 g/mol. The molecule has 0 atom stereocenters. The van der Waals surface area contributed by atoms with Crippen LogP contribution in [0.15, 0.2) is 78.6 Å². The molecule has 0 saturated carbocycles. The van der Waals surface area contributed by atoms with E-state index in [9.17, 15) is 4.39 Å². The Morgan fingerprint density at radius 1 is 0.929 bits per heavy atom. The number of pyridine rings is 1. The smallest absolute Gasteiger partial charge is 0.209 e. The normalized spacial score (nSPS) is 11.0. The fraction of sp³-hybridized carbons (Fsp3) is 0. The molecule has 0 aliphatic rings. The van der Waals surface area contributed by atoms with Gasteiger partial charge in [0.15, 0.2) is 0 Å². The maximum absolute atomic E-state index is 13.2. The van der Waals surface area contributed by atoms with Crippen LogP contribution in [0, 0.1) is 5.82 Å². The predicted octanol–water partition coefficient (Wildman–Crippen LogP) is 5.40. The number of anilines is 2. The van der Waals surface area contributed by atoms with Gasteiger partial charge in [-0.15, -0.1) is 10.2 Å². The van der Waals surface area contributed by atoms with Gasteiger partial charge in [0.25, 0.3) is 0 Å². The second kappa shape index (κ2) is 6.86. The van der Waals surface area contributed by atoms with E-state index in [-0.39, 0.29) is 5.82 Å². The summed E-state index contributed by atoms with van der Waals surface area (Å²) in [7, 11) is 0. The van der Waals surface area contributed by atoms with Crippen molar-refractivity contribution in [2.45, 2.75) is 0 Å². The number of nitrogens with zero attached hydrogens (tertiary/aromatic N) is 4. The Kier molecular flexibility index (Phi) is 4.06. The summed E-state index contributed by atoms with van der Waals surface area (Å²) in [6.45, 7) is 0. The molecule has 5 nitrogen and oxygen atoms in total. The molecule has 0 fully saturated rings. The Morgan fingerprint density at radius 3 is 2.64 bits per heavy atom. The van der Waals surface area contributed by atoms with Crippen LogP contribution in [0.5, 0.6) is 0 Å². The Balaban J connectivity index is 1.51. The molecule has 1 N–H and O–H groups in total. The minimum atomic E-state index is -0.241. The SMILES string of the molecule is Fc1ccc(-c2ccn3c(-c4cccc(Nc5nncs5)c4)cnc3c2)cc1. The van der Waals surface area contributed by atoms with Crippen LogP contribution in [-0.2, 0) is 0 Å². The number of hydrogen-bond acceptors (Lipinski definition) is 5. The van der Waals surface area contributed by atoms with Gasteiger partial charge in [0.1, 0.15) is 17.0 Å². The molecule has 0 saturated heterocycles. The molecule has 0 aliphatic carbocycles. The van der Waals surface area contributed by atoms with E-state index in [1.165, 1.54) is 23.5 Å². The molecule has 0 aliphatic heterocycles. The van der Waals surface area contributed by atoms with Crippen LogP contribution in [0.4, 0.5) is 15.2 Å². The quantitative estimate of drug-likeness (QED) is 0.448. The van der Waals surface area contributed by atoms with Crippen molar-refractivity contribution in [1.29, 1.82) is 0 Å². The number of fused-ring (bicyclic) bond motifs is 1. The van der Waals surface area contributed by atoms with Gasteiger partial charge in [-0.2, -0.15) is 0 Å². The molecule has 0 amide bonds. The van der Waals surface area contributed by atoms with E-state index in [4.69, 9.17) is 0 Å². The maximum atomic E-state index is 13.2. The van der Waals surface area contributed by atoms with Crippen LogP contribution < -0.4 is 5.32 Å². The first-order chi connectivity index (χ1) is 13.8. The first-order valence-corrected chi connectivity index (χ1v) is 9.51. The van der Waals surface area contributed by atoms with Crippen molar-refractivity contribution in [1.82, 2.24) is 19.6 Å². The summed E-state index contributed by atoms with van der Waals surface area (Å²) >= 11 is 1.45. The summed E-state index contributed by atoms with van der Waals surface area (Å²) < 4.78 is 15.2. The molecule has 5 aromatic rings. The first-order valence-electron chi connectivity index (χ1n) is 8.63. The van der Waals surface area contributed by atoms with Crippen LogP contribution in [-0.4, -0.2) is 19.6 Å². The van der Waals surface area contributed by atoms with Gasteiger partial charge < -0.3 is 5.32 Å². The van der Waals surface area contributed by atoms with Crippen molar-refractivity contribution in [3.8, 4) is 22.4 Å². The lowest BCUT2D eigenvalue weighted by atomic mass is 10.1. The molecule has 0 spiro atoms. The van der Waals surface area contributed by atoms with Gasteiger partial charge in [-0.3, -0.25) is 4.40 Å². The number of aromatic nitrogens is 4. The second-order valence-corrected chi connectivity index (χ2v) is 7.08. The van der Waals surface area contributed by atoms with Crippen LogP contribution in [0.1, 0.15) is 0 Å². The molecule has 136 valence electrons. The molecular formula is C21H14FN5S. The zero-order valence-corrected chi connectivity index (χ0v) is 15.4. The van der Waals surface area contributed by atoms with Crippen molar-refractivity contribution in [3.63, 3.8) is 0 Å². The number of halogens is 1. The van der Waals surface area contributed by atoms with Gasteiger partial charge >= 0.3 is 0 Å². The van der Waals surface area contributed by atoms with E-state index in [1.807, 2.05) is 47.1 Å². The van der Waals surface area contributed by atoms with Crippen LogP contribution >= 0.6 is 11.3 Å². The summed E-state index contributed by atoms with van der Waals surface area (Å²) in [5.74, 6) is -0.241. The van der Waals surface area contributed by atoms with E-state index in [0.717, 1.165) is 38.9 Å². The molecule has 0 bridgehead atoms. The van der Waals surface area contributed by atoms with Crippen molar-refractivity contribution >= 4 is 27.8 Å². The standard InChI is InChI=1S/C21H14FN5S/c22-17-6-4-14(5-7-17)15-8-9-27-19(12-23-20(27)11-15)16-2-1-3-18(10-16)25-21-26-24-13-28-21/h1-13H,(H,25,26). The zero-order valence-electron chi connectivity index (χ0n) is 14.6. The van der Waals surface area contributed by atoms with Crippen LogP contribution in [0.25, 0.3) is 28.0 Å². The molecule has 2 aromatic carbocycles. The van der Waals surface area contributed by atoms with Crippen molar-refractivity contribution in [2.24, 2.45) is 0 Å². The lowest BCUT2D eigenvalue weighted by Crippen LogP contribution is -1.92. The molecule has 0 radical (unpaired) electrons. The van der Waals surface area contributed by atoms with E-state index in [1.54, 1.807) is 17.6 Å². The molecular weight excluding hydrogens is 373 g/mol. The largest absolute Gasteiger partial charge is 0.330 e. The number of nitrogens with one attached hydrogen (secondary N) is 1. The number of imidazole rings is 1. The highest BCUT2D eigenvalue weighted by atomic mass is 32.1. The molecule has 7 heteroatoms. The number of benzene rings is 2. The van der Waals surface area contributed by atoms with E-state index < -0.39 is 0 Å². The Labute approximate surface area is 164 Å². The third-order valence-electron chi connectivity index (χ3n) is 4.46. The Hall–Kier alpha value is -3.58. The average Bonchev–Trinajstić information content (AvgIpc) is 3.38. The highest BCUT2D eigenvalue weighted by Gasteiger charge is 2.09. The topological polar surface area (TPSA) is 55.1 Å². The highest BCUT2D eigenvalue weighted by Crippen LogP contribution is 2.28. The third-order valence-corrected chi connectivity index (χ3v) is 5.07. The highest BCUT2D eigenvalue weighted by molar-refractivity contribution is 7.13. The predicted molar refractivity (Wildman–Crippen MR) is 109 cm³/mol. The Bertz CT molecular complexity index is 1250. The number of rotatable bonds is 4. The van der Waals surface area contributed by atoms with Crippen LogP contribution in [0.3, 0.4) is 0 Å². The van der Waals surface area contributed by atoms with Gasteiger partial charge in [0.2, 0.25) is 5.13 Å². The maximum Gasteiger partial charge on any atom is 0.209 e. The van der Waals surface area contributed by atoms with Crippen molar-refractivity contribution < 1.29 is 4.39 Å². The Morgan fingerprint density at radius 2 is 1.82 bits per heavy atom. The fourth-order valence-electron chi connectivity index (χ4n) is 3.12. The van der Waals surface area contributed by atoms with Gasteiger partial charge in [0.05, 0.1) is 11.9 Å². The molecule has 3 heterocycles. The van der Waals surface area contributed by atoms with Crippen molar-refractivity contribution in [2.75, 3.05) is 5.32 Å². The minimum absolute atomic E-state index is 0.241. The lowest BCUT2D eigenvalue weighted by molar-refractivity contribution is 0.628. The van der Waals surface area contributed by atoms with Gasteiger partial charge in [-0.25, -0.2) is 9.37 Å². The molecule has 3 aromatic heterocycles. The monoisotopic (exact) mass is 387 g/mol. The summed E-state index contributed by atoms with van der Waals surface area (Å²) in [4.78, 5) is 4.55. The van der Waals surface area contributed by atoms with E-state index in [0.29, 0.717) is 0 Å². The second-order valence-electron chi connectivity index (χ2n) is 6.24. The summed E-state index contributed by atoms with van der Waals surface area (Å²) in [6.07, 6.45) is 3.84. The molecule has 0 unspecified atom stereocenters. The first kappa shape index (κ1) is 16.6. The lowest BCUT2D eigenvalue weighted by Gasteiger charge is -2.07. The minimum Gasteiger partial charge on any atom is -0.330 e. The summed E-state index contributed by atoms with van der Waals surface area (Å²) in [5.41, 5.74) is 7.44. The zero-order chi connectivity index (χ0) is 18.9.